The number of hydrogen-bond donors (Lipinski definition) is 1. The number of carbonyl (C=O) groups excluding carboxylic acids is 1. The molecule has 0 saturated carbocycles. The van der Waals surface area contributed by atoms with Gasteiger partial charge in [0, 0.05) is 23.6 Å². The molecule has 1 N–H and O–H groups in total. The number of benzene rings is 1. The molecular formula is C19H17N5O2S. The monoisotopic (exact) mass is 379 g/mol. The molecule has 8 heteroatoms. The fraction of sp³-hybridized carbons (Fsp3) is 0.263. The highest BCUT2D eigenvalue weighted by Crippen LogP contribution is 2.34. The van der Waals surface area contributed by atoms with Crippen LogP contribution in [-0.4, -0.2) is 25.4 Å². The van der Waals surface area contributed by atoms with Crippen molar-refractivity contribution in [1.29, 1.82) is 0 Å². The standard InChI is InChI=1S/C19H17N5O2S/c1-10-9-24-16(8-20-19(24)27-10)18(25)22-15-6-4-12-7-13(3-5-14(12)15)17-21-11(2)26-23-17/h3,5,7-9,15H,4,6H2,1-2H3,(H,22,25)/t15-/m1/s1. The number of thiazole rings is 1. The summed E-state index contributed by atoms with van der Waals surface area (Å²) in [5.74, 6) is 1.04. The number of aryl methyl sites for hydroxylation is 3. The lowest BCUT2D eigenvalue weighted by Gasteiger charge is -2.14. The largest absolute Gasteiger partial charge is 0.344 e. The first-order valence-corrected chi connectivity index (χ1v) is 9.58. The van der Waals surface area contributed by atoms with E-state index in [4.69, 9.17) is 4.52 Å². The minimum atomic E-state index is -0.101. The van der Waals surface area contributed by atoms with Gasteiger partial charge in [-0.05, 0) is 37.0 Å². The van der Waals surface area contributed by atoms with Gasteiger partial charge in [-0.1, -0.05) is 17.3 Å². The summed E-state index contributed by atoms with van der Waals surface area (Å²) in [5.41, 5.74) is 3.87. The quantitative estimate of drug-likeness (QED) is 0.589. The van der Waals surface area contributed by atoms with E-state index in [1.807, 2.05) is 23.6 Å². The third kappa shape index (κ3) is 2.73. The van der Waals surface area contributed by atoms with Crippen LogP contribution in [0.1, 0.15) is 44.8 Å². The molecule has 0 fully saturated rings. The van der Waals surface area contributed by atoms with Gasteiger partial charge in [-0.25, -0.2) is 4.98 Å². The van der Waals surface area contributed by atoms with Crippen LogP contribution >= 0.6 is 11.3 Å². The summed E-state index contributed by atoms with van der Waals surface area (Å²) in [6.07, 6.45) is 5.37. The third-order valence-corrected chi connectivity index (χ3v) is 5.78. The van der Waals surface area contributed by atoms with Crippen LogP contribution < -0.4 is 5.32 Å². The predicted octanol–water partition coefficient (Wildman–Crippen LogP) is 3.48. The van der Waals surface area contributed by atoms with Crippen molar-refractivity contribution in [2.45, 2.75) is 32.7 Å². The number of imidazole rings is 1. The van der Waals surface area contributed by atoms with E-state index in [0.717, 1.165) is 33.8 Å². The molecule has 0 radical (unpaired) electrons. The Morgan fingerprint density at radius 1 is 1.37 bits per heavy atom. The highest BCUT2D eigenvalue weighted by Gasteiger charge is 2.26. The molecule has 0 spiro atoms. The number of carbonyl (C=O) groups is 1. The number of nitrogens with one attached hydrogen (secondary N) is 1. The topological polar surface area (TPSA) is 85.3 Å². The minimum Gasteiger partial charge on any atom is -0.344 e. The van der Waals surface area contributed by atoms with Gasteiger partial charge < -0.3 is 9.84 Å². The maximum absolute atomic E-state index is 12.8. The molecule has 0 saturated heterocycles. The van der Waals surface area contributed by atoms with E-state index in [9.17, 15) is 4.79 Å². The number of fused-ring (bicyclic) bond motifs is 2. The van der Waals surface area contributed by atoms with Crippen LogP contribution in [0.15, 0.2) is 35.1 Å². The summed E-state index contributed by atoms with van der Waals surface area (Å²) in [6.45, 7) is 3.79. The third-order valence-electron chi connectivity index (χ3n) is 4.87. The summed E-state index contributed by atoms with van der Waals surface area (Å²) in [7, 11) is 0. The molecule has 0 bridgehead atoms. The fourth-order valence-electron chi connectivity index (χ4n) is 3.62. The molecule has 5 rings (SSSR count). The van der Waals surface area contributed by atoms with Crippen molar-refractivity contribution in [3.63, 3.8) is 0 Å². The Hall–Kier alpha value is -3.00. The molecule has 1 aromatic carbocycles. The summed E-state index contributed by atoms with van der Waals surface area (Å²) < 4.78 is 6.92. The van der Waals surface area contributed by atoms with Crippen molar-refractivity contribution >= 4 is 22.2 Å². The second kappa shape index (κ2) is 6.02. The van der Waals surface area contributed by atoms with Crippen LogP contribution in [0.2, 0.25) is 0 Å². The minimum absolute atomic E-state index is 0.00108. The van der Waals surface area contributed by atoms with E-state index in [1.165, 1.54) is 5.56 Å². The number of hydrogen-bond acceptors (Lipinski definition) is 6. The molecule has 136 valence electrons. The zero-order valence-corrected chi connectivity index (χ0v) is 15.7. The summed E-state index contributed by atoms with van der Waals surface area (Å²) in [6, 6.07) is 6.12. The lowest BCUT2D eigenvalue weighted by molar-refractivity contribution is 0.0931. The molecule has 1 aliphatic carbocycles. The van der Waals surface area contributed by atoms with Gasteiger partial charge in [0.1, 0.15) is 5.69 Å². The van der Waals surface area contributed by atoms with Gasteiger partial charge >= 0.3 is 0 Å². The van der Waals surface area contributed by atoms with Gasteiger partial charge in [0.25, 0.3) is 5.91 Å². The van der Waals surface area contributed by atoms with Crippen LogP contribution in [-0.2, 0) is 6.42 Å². The molecule has 0 aliphatic heterocycles. The Morgan fingerprint density at radius 2 is 2.26 bits per heavy atom. The normalized spacial score (nSPS) is 16.0. The maximum atomic E-state index is 12.8. The molecule has 7 nitrogen and oxygen atoms in total. The fourth-order valence-corrected chi connectivity index (χ4v) is 4.42. The summed E-state index contributed by atoms with van der Waals surface area (Å²) in [4.78, 5) is 23.4. The van der Waals surface area contributed by atoms with Crippen molar-refractivity contribution in [3.05, 3.63) is 58.2 Å². The first-order valence-electron chi connectivity index (χ1n) is 8.76. The lowest BCUT2D eigenvalue weighted by Crippen LogP contribution is -2.28. The Morgan fingerprint density at radius 3 is 3.07 bits per heavy atom. The van der Waals surface area contributed by atoms with Gasteiger partial charge in [0.2, 0.25) is 11.7 Å². The second-order valence-corrected chi connectivity index (χ2v) is 7.97. The van der Waals surface area contributed by atoms with Crippen molar-refractivity contribution < 1.29 is 9.32 Å². The highest BCUT2D eigenvalue weighted by atomic mass is 32.1. The van der Waals surface area contributed by atoms with Crippen molar-refractivity contribution in [2.24, 2.45) is 0 Å². The molecule has 1 aliphatic rings. The molecule has 1 amide bonds. The molecule has 3 heterocycles. The van der Waals surface area contributed by atoms with Crippen LogP contribution in [0, 0.1) is 13.8 Å². The zero-order chi connectivity index (χ0) is 18.5. The Bertz CT molecular complexity index is 1170. The van der Waals surface area contributed by atoms with Gasteiger partial charge in [0.15, 0.2) is 4.96 Å². The van der Waals surface area contributed by atoms with E-state index in [0.29, 0.717) is 17.4 Å². The zero-order valence-electron chi connectivity index (χ0n) is 14.9. The van der Waals surface area contributed by atoms with E-state index in [-0.39, 0.29) is 11.9 Å². The Balaban J connectivity index is 1.39. The SMILES string of the molecule is Cc1nc(-c2ccc3c(c2)CC[C@H]3NC(=O)c2cnc3sc(C)cn23)no1. The first kappa shape index (κ1) is 16.2. The summed E-state index contributed by atoms with van der Waals surface area (Å²) in [5, 5.41) is 7.14. The van der Waals surface area contributed by atoms with Gasteiger partial charge in [-0.15, -0.1) is 11.3 Å². The molecule has 27 heavy (non-hydrogen) atoms. The Labute approximate surface area is 159 Å². The van der Waals surface area contributed by atoms with E-state index >= 15 is 0 Å². The molecule has 1 atom stereocenters. The number of rotatable bonds is 3. The molecule has 4 aromatic rings. The molecular weight excluding hydrogens is 362 g/mol. The van der Waals surface area contributed by atoms with Crippen LogP contribution in [0.3, 0.4) is 0 Å². The molecule has 0 unspecified atom stereocenters. The van der Waals surface area contributed by atoms with Crippen molar-refractivity contribution in [1.82, 2.24) is 24.8 Å². The lowest BCUT2D eigenvalue weighted by atomic mass is 10.0. The molecule has 3 aromatic heterocycles. The van der Waals surface area contributed by atoms with Gasteiger partial charge in [-0.3, -0.25) is 9.20 Å². The van der Waals surface area contributed by atoms with Crippen molar-refractivity contribution in [2.75, 3.05) is 0 Å². The smallest absolute Gasteiger partial charge is 0.270 e. The maximum Gasteiger partial charge on any atom is 0.270 e. The highest BCUT2D eigenvalue weighted by molar-refractivity contribution is 7.17. The van der Waals surface area contributed by atoms with Crippen molar-refractivity contribution in [3.8, 4) is 11.4 Å². The van der Waals surface area contributed by atoms with Gasteiger partial charge in [-0.2, -0.15) is 4.98 Å². The van der Waals surface area contributed by atoms with Gasteiger partial charge in [0.05, 0.1) is 12.2 Å². The van der Waals surface area contributed by atoms with E-state index in [1.54, 1.807) is 24.5 Å². The Kier molecular flexibility index (Phi) is 3.61. The number of amides is 1. The summed E-state index contributed by atoms with van der Waals surface area (Å²) >= 11 is 1.58. The van der Waals surface area contributed by atoms with E-state index in [2.05, 4.69) is 32.6 Å². The van der Waals surface area contributed by atoms with E-state index < -0.39 is 0 Å². The number of aromatic nitrogens is 4. The van der Waals surface area contributed by atoms with Crippen LogP contribution in [0.25, 0.3) is 16.3 Å². The average Bonchev–Trinajstić information content (AvgIpc) is 3.39. The average molecular weight is 379 g/mol. The predicted molar refractivity (Wildman–Crippen MR) is 101 cm³/mol. The number of nitrogens with zero attached hydrogens (tertiary/aromatic N) is 4. The second-order valence-electron chi connectivity index (χ2n) is 6.75. The first-order chi connectivity index (χ1) is 13.1. The van der Waals surface area contributed by atoms with Crippen LogP contribution in [0.5, 0.6) is 0 Å². The van der Waals surface area contributed by atoms with Crippen LogP contribution in [0.4, 0.5) is 0 Å².